The third-order valence-electron chi connectivity index (χ3n) is 5.39. The lowest BCUT2D eigenvalue weighted by Crippen LogP contribution is -2.38. The number of morpholine rings is 1. The number of thioether (sulfide) groups is 1. The average molecular weight is 438 g/mol. The first-order chi connectivity index (χ1) is 15.2. The molecule has 0 spiro atoms. The molecule has 1 saturated heterocycles. The van der Waals surface area contributed by atoms with Crippen LogP contribution >= 0.6 is 11.8 Å². The molecule has 0 unspecified atom stereocenters. The molecular formula is C22H23N5O3S. The fourth-order valence-electron chi connectivity index (χ4n) is 3.80. The van der Waals surface area contributed by atoms with Crippen molar-refractivity contribution in [1.82, 2.24) is 19.3 Å². The summed E-state index contributed by atoms with van der Waals surface area (Å²) in [5.74, 6) is 1.15. The zero-order chi connectivity index (χ0) is 21.2. The van der Waals surface area contributed by atoms with E-state index in [0.29, 0.717) is 31.1 Å². The van der Waals surface area contributed by atoms with Gasteiger partial charge in [0.1, 0.15) is 0 Å². The normalized spacial score (nSPS) is 14.4. The van der Waals surface area contributed by atoms with Crippen LogP contribution in [-0.2, 0) is 11.3 Å². The molecule has 0 amide bonds. The highest BCUT2D eigenvalue weighted by atomic mass is 32.2. The first-order valence-corrected chi connectivity index (χ1v) is 11.3. The van der Waals surface area contributed by atoms with E-state index < -0.39 is 0 Å². The predicted molar refractivity (Wildman–Crippen MR) is 120 cm³/mol. The number of rotatable bonds is 6. The third kappa shape index (κ3) is 3.86. The summed E-state index contributed by atoms with van der Waals surface area (Å²) in [6, 6.07) is 15.7. The van der Waals surface area contributed by atoms with Crippen LogP contribution in [0.15, 0.2) is 62.9 Å². The Labute approximate surface area is 183 Å². The van der Waals surface area contributed by atoms with Crippen molar-refractivity contribution in [3.05, 3.63) is 64.6 Å². The van der Waals surface area contributed by atoms with Gasteiger partial charge < -0.3 is 14.1 Å². The summed E-state index contributed by atoms with van der Waals surface area (Å²) >= 11 is 1.58. The summed E-state index contributed by atoms with van der Waals surface area (Å²) in [5.41, 5.74) is 3.62. The van der Waals surface area contributed by atoms with Gasteiger partial charge >= 0.3 is 5.76 Å². The van der Waals surface area contributed by atoms with Gasteiger partial charge in [0.25, 0.3) is 0 Å². The standard InChI is InChI=1S/C22H23N5O3S/c1-16-6-2-3-7-17(16)27-20(25-10-13-29-14-11-25)23-24-21(27)31-15-12-26-18-8-4-5-9-19(18)30-22(26)28/h2-9H,10-15H2,1H3. The molecule has 1 aliphatic heterocycles. The van der Waals surface area contributed by atoms with Crippen LogP contribution in [0.3, 0.4) is 0 Å². The molecule has 31 heavy (non-hydrogen) atoms. The van der Waals surface area contributed by atoms with Gasteiger partial charge in [-0.3, -0.25) is 9.13 Å². The third-order valence-corrected chi connectivity index (χ3v) is 6.30. The summed E-state index contributed by atoms with van der Waals surface area (Å²) in [5, 5.41) is 9.81. The van der Waals surface area contributed by atoms with Gasteiger partial charge in [-0.25, -0.2) is 4.79 Å². The summed E-state index contributed by atoms with van der Waals surface area (Å²) < 4.78 is 14.6. The monoisotopic (exact) mass is 437 g/mol. The van der Waals surface area contributed by atoms with E-state index in [1.165, 1.54) is 0 Å². The number of oxazole rings is 1. The maximum Gasteiger partial charge on any atom is 0.419 e. The summed E-state index contributed by atoms with van der Waals surface area (Å²) in [4.78, 5) is 14.5. The Kier molecular flexibility index (Phi) is 5.52. The van der Waals surface area contributed by atoms with Gasteiger partial charge in [0.2, 0.25) is 5.95 Å². The molecule has 0 N–H and O–H groups in total. The number of hydrogen-bond acceptors (Lipinski definition) is 7. The number of hydrogen-bond donors (Lipinski definition) is 0. The maximum atomic E-state index is 12.3. The zero-order valence-electron chi connectivity index (χ0n) is 17.2. The Balaban J connectivity index is 1.43. The lowest BCUT2D eigenvalue weighted by molar-refractivity contribution is 0.122. The van der Waals surface area contributed by atoms with Gasteiger partial charge in [-0.05, 0) is 30.7 Å². The second kappa shape index (κ2) is 8.60. The number of benzene rings is 2. The maximum absolute atomic E-state index is 12.3. The molecule has 9 heteroatoms. The molecule has 2 aromatic carbocycles. The van der Waals surface area contributed by atoms with Crippen LogP contribution in [0, 0.1) is 6.92 Å². The van der Waals surface area contributed by atoms with Crippen LogP contribution in [0.25, 0.3) is 16.8 Å². The van der Waals surface area contributed by atoms with Crippen LogP contribution in [0.4, 0.5) is 5.95 Å². The Bertz CT molecular complexity index is 1260. The van der Waals surface area contributed by atoms with Crippen molar-refractivity contribution in [1.29, 1.82) is 0 Å². The van der Waals surface area contributed by atoms with Crippen molar-refractivity contribution in [3.63, 3.8) is 0 Å². The highest BCUT2D eigenvalue weighted by Gasteiger charge is 2.22. The first-order valence-electron chi connectivity index (χ1n) is 10.3. The van der Waals surface area contributed by atoms with E-state index >= 15 is 0 Å². The van der Waals surface area contributed by atoms with Crippen molar-refractivity contribution in [3.8, 4) is 5.69 Å². The highest BCUT2D eigenvalue weighted by Crippen LogP contribution is 2.29. The number of aryl methyl sites for hydroxylation is 2. The fourth-order valence-corrected chi connectivity index (χ4v) is 4.67. The number of aromatic nitrogens is 4. The molecule has 1 aliphatic rings. The van der Waals surface area contributed by atoms with Crippen LogP contribution < -0.4 is 10.7 Å². The molecule has 0 radical (unpaired) electrons. The molecule has 0 bridgehead atoms. The molecule has 8 nitrogen and oxygen atoms in total. The van der Waals surface area contributed by atoms with E-state index in [1.54, 1.807) is 16.3 Å². The van der Waals surface area contributed by atoms with Gasteiger partial charge in [-0.2, -0.15) is 0 Å². The summed E-state index contributed by atoms with van der Waals surface area (Å²) in [6.45, 7) is 5.54. The lowest BCUT2D eigenvalue weighted by atomic mass is 10.2. The minimum absolute atomic E-state index is 0.337. The van der Waals surface area contributed by atoms with Gasteiger partial charge in [-0.15, -0.1) is 10.2 Å². The Hall–Kier alpha value is -3.04. The molecular weight excluding hydrogens is 414 g/mol. The predicted octanol–water partition coefficient (Wildman–Crippen LogP) is 3.11. The van der Waals surface area contributed by atoms with E-state index in [1.807, 2.05) is 36.4 Å². The first kappa shape index (κ1) is 19.9. The molecule has 2 aromatic heterocycles. The van der Waals surface area contributed by atoms with Crippen molar-refractivity contribution >= 4 is 28.8 Å². The zero-order valence-corrected chi connectivity index (χ0v) is 18.0. The molecule has 1 fully saturated rings. The van der Waals surface area contributed by atoms with Crippen molar-refractivity contribution in [2.45, 2.75) is 18.6 Å². The minimum atomic E-state index is -0.337. The molecule has 0 saturated carbocycles. The van der Waals surface area contributed by atoms with E-state index in [4.69, 9.17) is 9.15 Å². The number of fused-ring (bicyclic) bond motifs is 1. The number of para-hydroxylation sites is 3. The summed E-state index contributed by atoms with van der Waals surface area (Å²) in [6.07, 6.45) is 0. The number of ether oxygens (including phenoxy) is 1. The van der Waals surface area contributed by atoms with Crippen LogP contribution in [0.1, 0.15) is 5.56 Å². The van der Waals surface area contributed by atoms with Crippen LogP contribution in [-0.4, -0.2) is 51.4 Å². The van der Waals surface area contributed by atoms with Crippen molar-refractivity contribution in [2.24, 2.45) is 0 Å². The average Bonchev–Trinajstić information content (AvgIpc) is 3.35. The Morgan fingerprint density at radius 3 is 2.65 bits per heavy atom. The molecule has 160 valence electrons. The topological polar surface area (TPSA) is 78.3 Å². The van der Waals surface area contributed by atoms with E-state index in [2.05, 4.69) is 38.7 Å². The van der Waals surface area contributed by atoms with Gasteiger partial charge in [0.05, 0.1) is 24.4 Å². The quantitative estimate of drug-likeness (QED) is 0.429. The van der Waals surface area contributed by atoms with Gasteiger partial charge in [-0.1, -0.05) is 42.1 Å². The Morgan fingerprint density at radius 2 is 1.81 bits per heavy atom. The fraction of sp³-hybridized carbons (Fsp3) is 0.318. The lowest BCUT2D eigenvalue weighted by Gasteiger charge is -2.28. The van der Waals surface area contributed by atoms with E-state index in [9.17, 15) is 4.79 Å². The van der Waals surface area contributed by atoms with Crippen LogP contribution in [0.2, 0.25) is 0 Å². The minimum Gasteiger partial charge on any atom is -0.408 e. The van der Waals surface area contributed by atoms with E-state index in [-0.39, 0.29) is 5.76 Å². The van der Waals surface area contributed by atoms with Gasteiger partial charge in [0, 0.05) is 25.4 Å². The smallest absolute Gasteiger partial charge is 0.408 e. The molecule has 0 atom stereocenters. The molecule has 3 heterocycles. The largest absolute Gasteiger partial charge is 0.419 e. The Morgan fingerprint density at radius 1 is 1.03 bits per heavy atom. The van der Waals surface area contributed by atoms with Crippen molar-refractivity contribution < 1.29 is 9.15 Å². The number of nitrogens with zero attached hydrogens (tertiary/aromatic N) is 5. The molecule has 0 aliphatic carbocycles. The van der Waals surface area contributed by atoms with Crippen LogP contribution in [0.5, 0.6) is 0 Å². The molecule has 4 aromatic rings. The molecule has 5 rings (SSSR count). The summed E-state index contributed by atoms with van der Waals surface area (Å²) in [7, 11) is 0. The van der Waals surface area contributed by atoms with Crippen molar-refractivity contribution in [2.75, 3.05) is 37.0 Å². The van der Waals surface area contributed by atoms with Gasteiger partial charge in [0.15, 0.2) is 10.7 Å². The van der Waals surface area contributed by atoms with E-state index in [0.717, 1.165) is 41.0 Å². The second-order valence-corrected chi connectivity index (χ2v) is 8.40. The SMILES string of the molecule is Cc1ccccc1-n1c(SCCn2c(=O)oc3ccccc32)nnc1N1CCOCC1. The number of anilines is 1. The highest BCUT2D eigenvalue weighted by molar-refractivity contribution is 7.99. The second-order valence-electron chi connectivity index (χ2n) is 7.34.